The predicted octanol–water partition coefficient (Wildman–Crippen LogP) is 12.4. The number of rotatable bonds is 10. The molecular weight excluding hydrogens is 853 g/mol. The number of benzene rings is 6. The molecule has 0 radical (unpaired) electrons. The van der Waals surface area contributed by atoms with Crippen LogP contribution in [-0.2, 0) is 21.5 Å². The Hall–Kier alpha value is -6.58. The molecule has 2 fully saturated rings. The maximum Gasteiger partial charge on any atom is 0.256 e. The van der Waals surface area contributed by atoms with E-state index < -0.39 is 0 Å². The second-order valence-electron chi connectivity index (χ2n) is 15.9. The molecule has 324 valence electrons. The number of phenolic OH excluding ortho intramolecular Hbond substituents is 1. The molecule has 2 amide bonds. The summed E-state index contributed by atoms with van der Waals surface area (Å²) in [6, 6.07) is 39.2. The van der Waals surface area contributed by atoms with Crippen molar-refractivity contribution in [3.05, 3.63) is 201 Å². The first-order valence-electron chi connectivity index (χ1n) is 20.7. The van der Waals surface area contributed by atoms with Gasteiger partial charge in [-0.05, 0) is 121 Å². The van der Waals surface area contributed by atoms with Gasteiger partial charge in [0.1, 0.15) is 29.6 Å². The van der Waals surface area contributed by atoms with E-state index in [1.807, 2.05) is 145 Å². The summed E-state index contributed by atoms with van der Waals surface area (Å²) >= 11 is 3.36. The Morgan fingerprint density at radius 1 is 0.556 bits per heavy atom. The van der Waals surface area contributed by atoms with Gasteiger partial charge in [-0.3, -0.25) is 19.4 Å². The molecule has 2 aliphatic rings. The van der Waals surface area contributed by atoms with Crippen molar-refractivity contribution < 1.29 is 28.9 Å². The molecule has 8 rings (SSSR count). The zero-order chi connectivity index (χ0) is 45.5. The number of aromatic hydroxyl groups is 1. The molecule has 2 saturated heterocycles. The molecule has 0 bridgehead atoms. The molecule has 9 heteroatoms. The van der Waals surface area contributed by atoms with E-state index in [2.05, 4.69) is 41.2 Å². The summed E-state index contributed by atoms with van der Waals surface area (Å²) in [6.45, 7) is 20.3. The van der Waals surface area contributed by atoms with Crippen molar-refractivity contribution in [1.82, 2.24) is 0 Å². The molecule has 2 heterocycles. The first-order chi connectivity index (χ1) is 30.2. The van der Waals surface area contributed by atoms with E-state index in [9.17, 15) is 14.7 Å². The molecule has 0 aromatic heterocycles. The highest BCUT2D eigenvalue weighted by Crippen LogP contribution is 2.46. The highest BCUT2D eigenvalue weighted by atomic mass is 79.9. The standard InChI is InChI=1S/C27H27NO3.C20H21NO3.C7H7Br/c1-17-11-12-22(14-24(17)31-16-21-9-7-6-8-10-21)26-20(4)27(29)28(26)23-13-18(2)19(3)25(15-23)30-5;1-11-6-7-15(9-17(11)22)19-14(4)20(23)21(19)16-8-12(2)13(3)18(10-16)24-5;8-6-7-4-2-1-3-5-7/h6-15,26H,4,16H2,1-3,5H3;6-10,19,22H,4H2,1-3,5H3;1-5H,6H2/t26-;19-;/m11./s1. The molecule has 8 nitrogen and oxygen atoms in total. The van der Waals surface area contributed by atoms with Crippen LogP contribution in [0.1, 0.15) is 67.7 Å². The smallest absolute Gasteiger partial charge is 0.256 e. The monoisotopic (exact) mass is 906 g/mol. The quantitative estimate of drug-likeness (QED) is 0.0837. The van der Waals surface area contributed by atoms with Gasteiger partial charge in [0, 0.05) is 40.0 Å². The Kier molecular flexibility index (Phi) is 14.6. The average molecular weight is 908 g/mol. The molecular formula is C54H55BrN2O6. The van der Waals surface area contributed by atoms with Crippen LogP contribution in [0.3, 0.4) is 0 Å². The number of methoxy groups -OCH3 is 2. The number of nitrogens with zero attached hydrogens (tertiary/aromatic N) is 2. The SMILES string of the molecule is BrCc1ccccc1.C=C1C(=O)N(c2cc(C)c(C)c(OC)c2)[C@H]1c1ccc(C)c(O)c1.C=C1C(=O)N(c2cc(C)c(C)c(OC)c2)[C@H]1c1ccc(C)c(OCc2ccccc2)c1. The molecule has 6 aromatic rings. The number of aryl methyl sites for hydroxylation is 4. The maximum absolute atomic E-state index is 12.8. The van der Waals surface area contributed by atoms with Crippen molar-refractivity contribution in [2.75, 3.05) is 24.0 Å². The van der Waals surface area contributed by atoms with E-state index >= 15 is 0 Å². The fourth-order valence-electron chi connectivity index (χ4n) is 7.55. The minimum Gasteiger partial charge on any atom is -0.508 e. The summed E-state index contributed by atoms with van der Waals surface area (Å²) in [5, 5.41) is 10.9. The van der Waals surface area contributed by atoms with Crippen LogP contribution < -0.4 is 24.0 Å². The molecule has 63 heavy (non-hydrogen) atoms. The first-order valence-corrected chi connectivity index (χ1v) is 21.8. The lowest BCUT2D eigenvalue weighted by molar-refractivity contribution is -0.119. The third-order valence-corrected chi connectivity index (χ3v) is 12.3. The van der Waals surface area contributed by atoms with Gasteiger partial charge >= 0.3 is 0 Å². The van der Waals surface area contributed by atoms with Gasteiger partial charge in [-0.1, -0.05) is 114 Å². The second-order valence-corrected chi connectivity index (χ2v) is 16.4. The van der Waals surface area contributed by atoms with Crippen molar-refractivity contribution in [2.24, 2.45) is 0 Å². The van der Waals surface area contributed by atoms with Crippen LogP contribution in [-0.4, -0.2) is 31.1 Å². The molecule has 2 aliphatic heterocycles. The number of halogens is 1. The number of hydrogen-bond acceptors (Lipinski definition) is 6. The average Bonchev–Trinajstić information content (AvgIpc) is 3.30. The number of β-lactam (4-membered cyclic amide) rings is 2. The Bertz CT molecular complexity index is 2660. The molecule has 0 unspecified atom stereocenters. The van der Waals surface area contributed by atoms with Gasteiger partial charge in [0.05, 0.1) is 26.3 Å². The van der Waals surface area contributed by atoms with Gasteiger partial charge in [0.15, 0.2) is 0 Å². The highest BCUT2D eigenvalue weighted by Gasteiger charge is 2.44. The van der Waals surface area contributed by atoms with E-state index in [4.69, 9.17) is 14.2 Å². The van der Waals surface area contributed by atoms with Gasteiger partial charge in [-0.15, -0.1) is 0 Å². The zero-order valence-corrected chi connectivity index (χ0v) is 38.9. The van der Waals surface area contributed by atoms with E-state index in [1.54, 1.807) is 30.1 Å². The molecule has 1 N–H and O–H groups in total. The lowest BCUT2D eigenvalue weighted by Gasteiger charge is -2.43. The Morgan fingerprint density at radius 2 is 1.00 bits per heavy atom. The van der Waals surface area contributed by atoms with Crippen molar-refractivity contribution in [2.45, 2.75) is 65.6 Å². The van der Waals surface area contributed by atoms with Gasteiger partial charge in [-0.2, -0.15) is 0 Å². The van der Waals surface area contributed by atoms with E-state index in [1.165, 1.54) is 5.56 Å². The number of hydrogen-bond donors (Lipinski definition) is 1. The molecule has 0 spiro atoms. The fourth-order valence-corrected chi connectivity index (χ4v) is 7.92. The Balaban J connectivity index is 0.000000182. The number of carbonyl (C=O) groups excluding carboxylic acids is 2. The van der Waals surface area contributed by atoms with Crippen molar-refractivity contribution >= 4 is 39.1 Å². The van der Waals surface area contributed by atoms with E-state index in [0.29, 0.717) is 17.8 Å². The van der Waals surface area contributed by atoms with E-state index in [-0.39, 0.29) is 29.6 Å². The summed E-state index contributed by atoms with van der Waals surface area (Å²) in [6.07, 6.45) is 0. The van der Waals surface area contributed by atoms with Crippen LogP contribution in [0, 0.1) is 41.5 Å². The molecule has 6 aromatic carbocycles. The number of phenols is 1. The van der Waals surface area contributed by atoms with Crippen molar-refractivity contribution in [1.29, 1.82) is 0 Å². The van der Waals surface area contributed by atoms with Crippen LogP contribution in [0.5, 0.6) is 23.0 Å². The van der Waals surface area contributed by atoms with Crippen molar-refractivity contribution in [3.63, 3.8) is 0 Å². The Labute approximate surface area is 380 Å². The lowest BCUT2D eigenvalue weighted by atomic mass is 9.87. The second kappa shape index (κ2) is 20.1. The van der Waals surface area contributed by atoms with Crippen LogP contribution in [0.2, 0.25) is 0 Å². The minimum atomic E-state index is -0.268. The van der Waals surface area contributed by atoms with Crippen LogP contribution in [0.25, 0.3) is 0 Å². The van der Waals surface area contributed by atoms with Gasteiger partial charge < -0.3 is 19.3 Å². The van der Waals surface area contributed by atoms with Crippen molar-refractivity contribution in [3.8, 4) is 23.0 Å². The normalized spacial score (nSPS) is 15.3. The van der Waals surface area contributed by atoms with Crippen LogP contribution in [0.15, 0.2) is 146 Å². The zero-order valence-electron chi connectivity index (χ0n) is 37.3. The summed E-state index contributed by atoms with van der Waals surface area (Å²) in [7, 11) is 3.27. The molecule has 0 saturated carbocycles. The summed E-state index contributed by atoms with van der Waals surface area (Å²) in [5.74, 6) is 2.38. The lowest BCUT2D eigenvalue weighted by Crippen LogP contribution is -2.48. The maximum atomic E-state index is 12.8. The number of ether oxygens (including phenoxy) is 3. The summed E-state index contributed by atoms with van der Waals surface area (Å²) in [5.41, 5.74) is 13.1. The largest absolute Gasteiger partial charge is 0.508 e. The van der Waals surface area contributed by atoms with E-state index in [0.717, 1.165) is 84.0 Å². The molecule has 0 aliphatic carbocycles. The van der Waals surface area contributed by atoms with Crippen LogP contribution >= 0.6 is 15.9 Å². The topological polar surface area (TPSA) is 88.5 Å². The number of anilines is 2. The first kappa shape index (κ1) is 45.9. The van der Waals surface area contributed by atoms with Gasteiger partial charge in [0.25, 0.3) is 11.8 Å². The third kappa shape index (κ3) is 9.90. The van der Waals surface area contributed by atoms with Crippen LogP contribution in [0.4, 0.5) is 11.4 Å². The number of amides is 2. The third-order valence-electron chi connectivity index (χ3n) is 11.7. The van der Waals surface area contributed by atoms with Gasteiger partial charge in [0.2, 0.25) is 0 Å². The van der Waals surface area contributed by atoms with Gasteiger partial charge in [-0.25, -0.2) is 0 Å². The molecule has 2 atom stereocenters. The number of alkyl halides is 1. The minimum absolute atomic E-state index is 0.0670. The Morgan fingerprint density at radius 3 is 1.43 bits per heavy atom. The fraction of sp³-hybridized carbons (Fsp3) is 0.222. The highest BCUT2D eigenvalue weighted by molar-refractivity contribution is 9.08. The predicted molar refractivity (Wildman–Crippen MR) is 258 cm³/mol. The summed E-state index contributed by atoms with van der Waals surface area (Å²) < 4.78 is 17.0. The number of carbonyl (C=O) groups is 2. The summed E-state index contributed by atoms with van der Waals surface area (Å²) in [4.78, 5) is 28.7.